The highest BCUT2D eigenvalue weighted by atomic mass is 16.4. The van der Waals surface area contributed by atoms with Crippen LogP contribution in [0.3, 0.4) is 0 Å². The molecule has 0 aliphatic carbocycles. The molecule has 84 valence electrons. The lowest BCUT2D eigenvalue weighted by molar-refractivity contribution is -0.134. The normalized spacial score (nSPS) is 15.0. The van der Waals surface area contributed by atoms with Gasteiger partial charge in [-0.25, -0.2) is 0 Å². The lowest BCUT2D eigenvalue weighted by Gasteiger charge is -2.07. The van der Waals surface area contributed by atoms with Crippen LogP contribution in [-0.2, 0) is 9.59 Å². The zero-order chi connectivity index (χ0) is 11.6. The first-order valence-electron chi connectivity index (χ1n) is 4.57. The van der Waals surface area contributed by atoms with Crippen LogP contribution < -0.4 is 5.73 Å². The van der Waals surface area contributed by atoms with E-state index in [0.29, 0.717) is 12.3 Å². The molecule has 0 saturated carbocycles. The Hall–Kier alpha value is -0.940. The van der Waals surface area contributed by atoms with Crippen molar-refractivity contribution in [2.45, 2.75) is 20.3 Å². The molecule has 0 radical (unpaired) electrons. The summed E-state index contributed by atoms with van der Waals surface area (Å²) in [6, 6.07) is 0. The summed E-state index contributed by atoms with van der Waals surface area (Å²) in [7, 11) is 1.50. The number of rotatable bonds is 1. The Morgan fingerprint density at radius 1 is 1.57 bits per heavy atom. The zero-order valence-electron chi connectivity index (χ0n) is 9.12. The van der Waals surface area contributed by atoms with Crippen LogP contribution in [0, 0.1) is 0 Å². The van der Waals surface area contributed by atoms with Crippen LogP contribution in [0.25, 0.3) is 0 Å². The lowest BCUT2D eigenvalue weighted by Crippen LogP contribution is -2.19. The minimum absolute atomic E-state index is 0.395. The molecule has 0 aromatic heterocycles. The Morgan fingerprint density at radius 2 is 2.00 bits per heavy atom. The van der Waals surface area contributed by atoms with Crippen molar-refractivity contribution < 1.29 is 14.7 Å². The molecule has 0 amide bonds. The maximum absolute atomic E-state index is 10.6. The second-order valence-electron chi connectivity index (χ2n) is 2.68. The molecule has 1 heterocycles. The van der Waals surface area contributed by atoms with Gasteiger partial charge in [-0.15, -0.1) is 0 Å². The molecule has 0 spiro atoms. The summed E-state index contributed by atoms with van der Waals surface area (Å²) in [5.41, 5.74) is 4.50. The zero-order valence-corrected chi connectivity index (χ0v) is 9.12. The Bertz CT molecular complexity index is 167. The number of carboxylic acids is 1. The molecule has 3 N–H and O–H groups in total. The van der Waals surface area contributed by atoms with Crippen molar-refractivity contribution in [3.8, 4) is 0 Å². The second-order valence-corrected chi connectivity index (χ2v) is 2.68. The van der Waals surface area contributed by atoms with Gasteiger partial charge in [0.25, 0.3) is 5.97 Å². The summed E-state index contributed by atoms with van der Waals surface area (Å²) < 4.78 is 0. The quantitative estimate of drug-likeness (QED) is 0.625. The first kappa shape index (κ1) is 15.5. The van der Waals surface area contributed by atoms with Gasteiger partial charge in [-0.2, -0.15) is 0 Å². The average Bonchev–Trinajstić information content (AvgIpc) is 2.54. The summed E-state index contributed by atoms with van der Waals surface area (Å²) in [6.07, 6.45) is 0.772. The van der Waals surface area contributed by atoms with Crippen molar-refractivity contribution in [3.05, 3.63) is 0 Å². The highest BCUT2D eigenvalue weighted by molar-refractivity contribution is 5.82. The van der Waals surface area contributed by atoms with Gasteiger partial charge in [0, 0.05) is 19.9 Å². The van der Waals surface area contributed by atoms with Crippen molar-refractivity contribution in [2.24, 2.45) is 5.73 Å². The van der Waals surface area contributed by atoms with Crippen LogP contribution in [0.4, 0.5) is 0 Å². The number of ketones is 1. The Labute approximate surface area is 84.9 Å². The van der Waals surface area contributed by atoms with Crippen molar-refractivity contribution in [1.82, 2.24) is 4.90 Å². The number of hydrogen-bond donors (Lipinski definition) is 2. The number of nitrogens with zero attached hydrogens (tertiary/aromatic N) is 1. The molecular weight excluding hydrogens is 184 g/mol. The highest BCUT2D eigenvalue weighted by Gasteiger charge is 2.16. The van der Waals surface area contributed by atoms with Gasteiger partial charge in [0.15, 0.2) is 0 Å². The molecular formula is C9H20N2O3. The standard InChI is InChI=1S/C6H11NO.C2H4O2.CH5N/c1-2-7-4-3-6(8)5-7;1-2(3)4;1-2/h2-5H2,1H3;1H3,(H,3,4);2H2,1H3. The molecule has 0 aromatic carbocycles. The van der Waals surface area contributed by atoms with Crippen LogP contribution in [0.1, 0.15) is 20.3 Å². The Kier molecular flexibility index (Phi) is 11.3. The van der Waals surface area contributed by atoms with Crippen LogP contribution >= 0.6 is 0 Å². The molecule has 1 aliphatic heterocycles. The summed E-state index contributed by atoms with van der Waals surface area (Å²) >= 11 is 0. The van der Waals surface area contributed by atoms with E-state index in [1.165, 1.54) is 7.05 Å². The second kappa shape index (κ2) is 10.1. The van der Waals surface area contributed by atoms with Crippen molar-refractivity contribution in [2.75, 3.05) is 26.7 Å². The molecule has 14 heavy (non-hydrogen) atoms. The van der Waals surface area contributed by atoms with Gasteiger partial charge in [0.05, 0.1) is 6.54 Å². The van der Waals surface area contributed by atoms with Crippen molar-refractivity contribution in [1.29, 1.82) is 0 Å². The number of carbonyl (C=O) groups excluding carboxylic acids is 1. The van der Waals surface area contributed by atoms with Crippen LogP contribution in [0.2, 0.25) is 0 Å². The number of likely N-dealkylation sites (N-methyl/N-ethyl adjacent to an activating group) is 1. The summed E-state index contributed by atoms with van der Waals surface area (Å²) in [6.45, 7) is 5.86. The summed E-state index contributed by atoms with van der Waals surface area (Å²) in [5.74, 6) is -0.438. The van der Waals surface area contributed by atoms with E-state index in [-0.39, 0.29) is 0 Å². The van der Waals surface area contributed by atoms with E-state index in [1.54, 1.807) is 0 Å². The van der Waals surface area contributed by atoms with Gasteiger partial charge in [0.1, 0.15) is 5.78 Å². The number of nitrogens with two attached hydrogens (primary N) is 1. The number of Topliss-reactive ketones (excluding diaryl/α,β-unsaturated/α-hetero) is 1. The highest BCUT2D eigenvalue weighted by Crippen LogP contribution is 2.01. The van der Waals surface area contributed by atoms with Gasteiger partial charge in [-0.1, -0.05) is 6.92 Å². The molecule has 0 atom stereocenters. The number of aliphatic carboxylic acids is 1. The minimum atomic E-state index is -0.833. The molecule has 0 unspecified atom stereocenters. The fourth-order valence-corrected chi connectivity index (χ4v) is 0.960. The third kappa shape index (κ3) is 11.1. The minimum Gasteiger partial charge on any atom is -0.481 e. The van der Waals surface area contributed by atoms with Gasteiger partial charge < -0.3 is 10.8 Å². The van der Waals surface area contributed by atoms with E-state index >= 15 is 0 Å². The third-order valence-corrected chi connectivity index (χ3v) is 1.55. The molecule has 1 rings (SSSR count). The van der Waals surface area contributed by atoms with E-state index in [1.807, 2.05) is 0 Å². The van der Waals surface area contributed by atoms with Gasteiger partial charge in [0.2, 0.25) is 0 Å². The predicted molar refractivity (Wildman–Crippen MR) is 55.2 cm³/mol. The summed E-state index contributed by atoms with van der Waals surface area (Å²) in [4.78, 5) is 21.7. The first-order valence-corrected chi connectivity index (χ1v) is 4.57. The van der Waals surface area contributed by atoms with Gasteiger partial charge >= 0.3 is 0 Å². The third-order valence-electron chi connectivity index (χ3n) is 1.55. The molecule has 1 aliphatic rings. The fourth-order valence-electron chi connectivity index (χ4n) is 0.960. The largest absolute Gasteiger partial charge is 0.481 e. The maximum Gasteiger partial charge on any atom is 0.300 e. The van der Waals surface area contributed by atoms with E-state index < -0.39 is 5.97 Å². The average molecular weight is 204 g/mol. The summed E-state index contributed by atoms with van der Waals surface area (Å²) in [5, 5.41) is 7.42. The first-order chi connectivity index (χ1) is 6.56. The Morgan fingerprint density at radius 3 is 2.14 bits per heavy atom. The number of likely N-dealkylation sites (tertiary alicyclic amines) is 1. The fraction of sp³-hybridized carbons (Fsp3) is 0.778. The number of hydrogen-bond acceptors (Lipinski definition) is 4. The van der Waals surface area contributed by atoms with Crippen LogP contribution in [0.15, 0.2) is 0 Å². The molecule has 0 bridgehead atoms. The van der Waals surface area contributed by atoms with E-state index in [0.717, 1.165) is 26.4 Å². The maximum atomic E-state index is 10.6. The molecule has 5 nitrogen and oxygen atoms in total. The smallest absolute Gasteiger partial charge is 0.300 e. The molecule has 5 heteroatoms. The van der Waals surface area contributed by atoms with Crippen LogP contribution in [-0.4, -0.2) is 48.4 Å². The van der Waals surface area contributed by atoms with Crippen LogP contribution in [0.5, 0.6) is 0 Å². The number of carbonyl (C=O) groups is 2. The Balaban J connectivity index is 0. The van der Waals surface area contributed by atoms with E-state index in [2.05, 4.69) is 17.6 Å². The lowest BCUT2D eigenvalue weighted by atomic mass is 10.4. The number of carboxylic acid groups (broad SMARTS) is 1. The van der Waals surface area contributed by atoms with Gasteiger partial charge in [-0.05, 0) is 13.6 Å². The predicted octanol–water partition coefficient (Wildman–Crippen LogP) is -0.0531. The van der Waals surface area contributed by atoms with Gasteiger partial charge in [-0.3, -0.25) is 14.5 Å². The monoisotopic (exact) mass is 204 g/mol. The van der Waals surface area contributed by atoms with Crippen molar-refractivity contribution >= 4 is 11.8 Å². The topological polar surface area (TPSA) is 83.6 Å². The van der Waals surface area contributed by atoms with E-state index in [4.69, 9.17) is 9.90 Å². The van der Waals surface area contributed by atoms with Crippen molar-refractivity contribution in [3.63, 3.8) is 0 Å². The molecule has 1 fully saturated rings. The SMILES string of the molecule is CC(=O)O.CCN1CCC(=O)C1.CN. The van der Waals surface area contributed by atoms with E-state index in [9.17, 15) is 4.79 Å². The molecule has 0 aromatic rings. The molecule has 1 saturated heterocycles.